The van der Waals surface area contributed by atoms with Gasteiger partial charge in [0.2, 0.25) is 0 Å². The van der Waals surface area contributed by atoms with E-state index in [1.54, 1.807) is 24.3 Å². The maximum Gasteiger partial charge on any atom is 4.00 e. The molecule has 4 rings (SSSR count). The zero-order valence-corrected chi connectivity index (χ0v) is 42.1. The SMILES string of the molecule is O=[P+]([O-])OCCc1ccccc1S(=O)(=O)O.O=[P+]([O-])OCCc1ccccc1S(=O)(=O)O.O=[P+]([O-])OCCc1ccccc1S(=O)(=O)O.O=[P+]([O-])OCCc1ccccc1S(=O)(=O)O.[Zr+4]. The minimum absolute atomic E-state index is 0. The van der Waals surface area contributed by atoms with Gasteiger partial charge in [0.15, 0.2) is 0 Å². The summed E-state index contributed by atoms with van der Waals surface area (Å²) in [5.41, 5.74) is 1.23. The molecule has 0 aliphatic rings. The molecule has 0 heterocycles. The van der Waals surface area contributed by atoms with Crippen molar-refractivity contribution in [2.45, 2.75) is 45.3 Å². The summed E-state index contributed by atoms with van der Waals surface area (Å²) in [6.45, 7) is -0.646. The largest absolute Gasteiger partial charge is 4.00 e. The van der Waals surface area contributed by atoms with Gasteiger partial charge in [-0.3, -0.25) is 18.2 Å². The maximum absolute atomic E-state index is 10.9. The zero-order valence-electron chi connectivity index (χ0n) is 32.8. The van der Waals surface area contributed by atoms with Crippen LogP contribution in [0.3, 0.4) is 0 Å². The first-order valence-corrected chi connectivity index (χ1v) is 27.1. The van der Waals surface area contributed by atoms with Gasteiger partial charge < -0.3 is 19.6 Å². The van der Waals surface area contributed by atoms with Crippen molar-refractivity contribution in [1.29, 1.82) is 0 Å². The molecule has 65 heavy (non-hydrogen) atoms. The Hall–Kier alpha value is -2.52. The van der Waals surface area contributed by atoms with E-state index in [1.165, 1.54) is 72.8 Å². The summed E-state index contributed by atoms with van der Waals surface area (Å²) in [6.07, 6.45) is 0.330. The maximum atomic E-state index is 10.9. The van der Waals surface area contributed by atoms with Gasteiger partial charge in [-0.25, -0.2) is 0 Å². The van der Waals surface area contributed by atoms with E-state index < -0.39 is 73.5 Å². The first-order chi connectivity index (χ1) is 29.6. The minimum atomic E-state index is -4.29. The van der Waals surface area contributed by atoms with Crippen LogP contribution in [0.15, 0.2) is 117 Å². The Bertz CT molecular complexity index is 2310. The van der Waals surface area contributed by atoms with Crippen molar-refractivity contribution < 1.29 is 134 Å². The predicted octanol–water partition coefficient (Wildman–Crippen LogP) is 2.04. The molecule has 0 saturated heterocycles. The molecule has 352 valence electrons. The molecular weight excluding hydrogens is 1110 g/mol. The average Bonchev–Trinajstić information content (AvgIpc) is 3.17. The van der Waals surface area contributed by atoms with Crippen LogP contribution in [0, 0.1) is 0 Å². The van der Waals surface area contributed by atoms with E-state index in [-0.39, 0.29) is 97.9 Å². The van der Waals surface area contributed by atoms with Crippen molar-refractivity contribution in [3.8, 4) is 0 Å². The second-order valence-electron chi connectivity index (χ2n) is 11.6. The van der Waals surface area contributed by atoms with Crippen LogP contribution in [0.5, 0.6) is 0 Å². The molecule has 0 aliphatic heterocycles. The molecular formula is C32H36O24P4S4Zr+4. The molecule has 4 N–H and O–H groups in total. The van der Waals surface area contributed by atoms with E-state index in [4.69, 9.17) is 18.2 Å². The molecule has 0 bridgehead atoms. The van der Waals surface area contributed by atoms with Gasteiger partial charge in [0.25, 0.3) is 40.5 Å². The molecule has 4 atom stereocenters. The van der Waals surface area contributed by atoms with Crippen LogP contribution < -0.4 is 19.6 Å². The summed E-state index contributed by atoms with van der Waals surface area (Å²) < 4.78 is 181. The van der Waals surface area contributed by atoms with Crippen LogP contribution in [-0.2, 0) is 129 Å². The van der Waals surface area contributed by atoms with E-state index in [0.717, 1.165) is 0 Å². The summed E-state index contributed by atoms with van der Waals surface area (Å²) in [5, 5.41) is 0. The van der Waals surface area contributed by atoms with E-state index >= 15 is 0 Å². The van der Waals surface area contributed by atoms with Crippen LogP contribution in [0.4, 0.5) is 0 Å². The topological polar surface area (TPSA) is 415 Å². The van der Waals surface area contributed by atoms with E-state index in [9.17, 15) is 71.5 Å². The van der Waals surface area contributed by atoms with E-state index in [0.29, 0.717) is 22.3 Å². The first kappa shape index (κ1) is 62.5. The fourth-order valence-corrected chi connectivity index (χ4v) is 8.74. The van der Waals surface area contributed by atoms with Crippen molar-refractivity contribution in [2.75, 3.05) is 26.4 Å². The number of benzene rings is 4. The molecule has 0 radical (unpaired) electrons. The van der Waals surface area contributed by atoms with Crippen molar-refractivity contribution in [1.82, 2.24) is 0 Å². The van der Waals surface area contributed by atoms with Gasteiger partial charge in [0, 0.05) is 25.7 Å². The second kappa shape index (κ2) is 30.8. The zero-order chi connectivity index (χ0) is 48.7. The van der Waals surface area contributed by atoms with Crippen molar-refractivity contribution in [2.24, 2.45) is 0 Å². The second-order valence-corrected chi connectivity index (χ2v) is 19.9. The Morgan fingerprint density at radius 1 is 0.354 bits per heavy atom. The third-order valence-electron chi connectivity index (χ3n) is 7.27. The quantitative estimate of drug-likeness (QED) is 0.0726. The molecule has 4 unspecified atom stereocenters. The van der Waals surface area contributed by atoms with Crippen molar-refractivity contribution >= 4 is 73.5 Å². The fraction of sp³-hybridized carbons (Fsp3) is 0.250. The summed E-state index contributed by atoms with van der Waals surface area (Å²) in [6, 6.07) is 23.0. The monoisotopic (exact) mass is 1150 g/mol. The third kappa shape index (κ3) is 27.2. The number of rotatable bonds is 20. The Kier molecular flexibility index (Phi) is 29.6. The van der Waals surface area contributed by atoms with Crippen LogP contribution in [0.1, 0.15) is 22.3 Å². The summed E-state index contributed by atoms with van der Waals surface area (Å²) in [4.78, 5) is 39.5. The van der Waals surface area contributed by atoms with Crippen molar-refractivity contribution in [3.63, 3.8) is 0 Å². The summed E-state index contributed by atoms with van der Waals surface area (Å²) >= 11 is 0. The molecule has 4 aromatic carbocycles. The Balaban J connectivity index is 0.000000836. The van der Waals surface area contributed by atoms with E-state index in [1.807, 2.05) is 0 Å². The Morgan fingerprint density at radius 3 is 0.646 bits per heavy atom. The average molecular weight is 1150 g/mol. The molecule has 24 nitrogen and oxygen atoms in total. The Labute approximate surface area is 395 Å². The molecule has 0 fully saturated rings. The fourth-order valence-electron chi connectivity index (χ4n) is 4.77. The van der Waals surface area contributed by atoms with Gasteiger partial charge in [-0.05, 0) is 64.8 Å². The van der Waals surface area contributed by atoms with Crippen LogP contribution in [0.25, 0.3) is 0 Å². The smallest absolute Gasteiger partial charge is 0.566 e. The van der Waals surface area contributed by atoms with Gasteiger partial charge >= 0.3 is 59.2 Å². The molecule has 4 aromatic rings. The van der Waals surface area contributed by atoms with Gasteiger partial charge in [0.1, 0.15) is 26.4 Å². The number of hydrogen-bond acceptors (Lipinski definition) is 20. The summed E-state index contributed by atoms with van der Waals surface area (Å²) in [7, 11) is -28.9. The van der Waals surface area contributed by atoms with Crippen LogP contribution in [0.2, 0.25) is 0 Å². The molecule has 0 spiro atoms. The van der Waals surface area contributed by atoms with Gasteiger partial charge in [-0.1, -0.05) is 72.8 Å². The molecule has 0 saturated carbocycles. The van der Waals surface area contributed by atoms with Gasteiger partial charge in [-0.15, -0.1) is 18.1 Å². The normalized spacial score (nSPS) is 12.3. The molecule has 33 heteroatoms. The Morgan fingerprint density at radius 2 is 0.508 bits per heavy atom. The van der Waals surface area contributed by atoms with Gasteiger partial charge in [0.05, 0.1) is 19.6 Å². The van der Waals surface area contributed by atoms with Crippen LogP contribution >= 0.6 is 33.0 Å². The van der Waals surface area contributed by atoms with Crippen LogP contribution in [-0.4, -0.2) is 78.3 Å². The van der Waals surface area contributed by atoms with E-state index in [2.05, 4.69) is 18.1 Å². The predicted molar refractivity (Wildman–Crippen MR) is 214 cm³/mol. The van der Waals surface area contributed by atoms with Crippen molar-refractivity contribution in [3.05, 3.63) is 119 Å². The molecule has 0 aliphatic carbocycles. The first-order valence-electron chi connectivity index (χ1n) is 16.9. The molecule has 0 amide bonds. The third-order valence-corrected chi connectivity index (χ3v) is 12.7. The number of hydrogen-bond donors (Lipinski definition) is 4. The van der Waals surface area contributed by atoms with Gasteiger partial charge in [-0.2, -0.15) is 33.7 Å². The summed E-state index contributed by atoms with van der Waals surface area (Å²) in [5.74, 6) is 0. The standard InChI is InChI=1S/4C8H9O6PS.Zr/c4*9-15(10)14-6-5-7-3-1-2-4-8(7)16(11,12)13;/h4*1-4H,5-6H2,(H,11,12,13);/q;;;;+4. The minimum Gasteiger partial charge on any atom is -0.566 e. The molecule has 0 aromatic heterocycles.